The quantitative estimate of drug-likeness (QED) is 0.902. The number of aryl methyl sites for hydroxylation is 1. The summed E-state index contributed by atoms with van der Waals surface area (Å²) in [5, 5.41) is 0. The van der Waals surface area contributed by atoms with Gasteiger partial charge in [-0.2, -0.15) is 0 Å². The number of rotatable bonds is 4. The van der Waals surface area contributed by atoms with Crippen molar-refractivity contribution in [2.45, 2.75) is 38.6 Å². The number of likely N-dealkylation sites (tertiary alicyclic amines) is 1. The normalized spacial score (nSPS) is 18.3. The highest BCUT2D eigenvalue weighted by Crippen LogP contribution is 2.17. The molecule has 104 valence electrons. The molecule has 1 heterocycles. The lowest BCUT2D eigenvalue weighted by atomic mass is 9.98. The zero-order chi connectivity index (χ0) is 13.7. The van der Waals surface area contributed by atoms with Crippen molar-refractivity contribution in [2.75, 3.05) is 13.1 Å². The van der Waals surface area contributed by atoms with Crippen molar-refractivity contribution in [3.8, 4) is 0 Å². The second kappa shape index (κ2) is 6.71. The van der Waals surface area contributed by atoms with Gasteiger partial charge in [-0.25, -0.2) is 0 Å². The molecule has 1 saturated heterocycles. The van der Waals surface area contributed by atoms with Gasteiger partial charge < -0.3 is 10.6 Å². The Labute approximate surface area is 115 Å². The second-order valence-corrected chi connectivity index (χ2v) is 5.64. The van der Waals surface area contributed by atoms with E-state index in [9.17, 15) is 4.79 Å². The van der Waals surface area contributed by atoms with Gasteiger partial charge in [-0.15, -0.1) is 0 Å². The van der Waals surface area contributed by atoms with Crippen LogP contribution in [0.25, 0.3) is 0 Å². The first kappa shape index (κ1) is 14.1. The molecule has 1 aromatic carbocycles. The summed E-state index contributed by atoms with van der Waals surface area (Å²) in [5.74, 6) is 0.868. The molecule has 0 bridgehead atoms. The van der Waals surface area contributed by atoms with Gasteiger partial charge in [0.2, 0.25) is 5.91 Å². The van der Waals surface area contributed by atoms with Crippen LogP contribution < -0.4 is 5.73 Å². The fourth-order valence-corrected chi connectivity index (χ4v) is 2.55. The Bertz CT molecular complexity index is 396. The van der Waals surface area contributed by atoms with E-state index in [0.29, 0.717) is 0 Å². The number of hydrogen-bond acceptors (Lipinski definition) is 2. The molecular weight excluding hydrogens is 236 g/mol. The summed E-state index contributed by atoms with van der Waals surface area (Å²) in [4.78, 5) is 14.2. The Morgan fingerprint density at radius 3 is 2.58 bits per heavy atom. The fraction of sp³-hybridized carbons (Fsp3) is 0.562. The van der Waals surface area contributed by atoms with Gasteiger partial charge in [-0.05, 0) is 37.2 Å². The average Bonchev–Trinajstić information content (AvgIpc) is 2.46. The molecule has 0 saturated carbocycles. The SMILES string of the molecule is CC1CCN(C(=O)[C@@H](N)CCc2ccccc2)CC1. The standard InChI is InChI=1S/C16H24N2O/c1-13-9-11-18(12-10-13)16(19)15(17)8-7-14-5-3-2-4-6-14/h2-6,13,15H,7-12,17H2,1H3/t15-/m0/s1. The van der Waals surface area contributed by atoms with E-state index in [1.165, 1.54) is 5.56 Å². The summed E-state index contributed by atoms with van der Waals surface area (Å²) >= 11 is 0. The highest BCUT2D eigenvalue weighted by Gasteiger charge is 2.24. The number of piperidine rings is 1. The van der Waals surface area contributed by atoms with Crippen LogP contribution in [0.4, 0.5) is 0 Å². The molecule has 0 aromatic heterocycles. The van der Waals surface area contributed by atoms with Crippen LogP contribution in [0.1, 0.15) is 31.7 Å². The van der Waals surface area contributed by atoms with Crippen molar-refractivity contribution in [2.24, 2.45) is 11.7 Å². The van der Waals surface area contributed by atoms with Crippen molar-refractivity contribution in [1.29, 1.82) is 0 Å². The van der Waals surface area contributed by atoms with Crippen molar-refractivity contribution < 1.29 is 4.79 Å². The van der Waals surface area contributed by atoms with Crippen LogP contribution in [-0.2, 0) is 11.2 Å². The molecule has 0 unspecified atom stereocenters. The van der Waals surface area contributed by atoms with Gasteiger partial charge in [0.15, 0.2) is 0 Å². The minimum absolute atomic E-state index is 0.128. The van der Waals surface area contributed by atoms with Gasteiger partial charge in [0.25, 0.3) is 0 Å². The molecule has 1 aromatic rings. The van der Waals surface area contributed by atoms with Crippen molar-refractivity contribution in [3.05, 3.63) is 35.9 Å². The van der Waals surface area contributed by atoms with E-state index in [0.717, 1.165) is 44.7 Å². The smallest absolute Gasteiger partial charge is 0.239 e. The lowest BCUT2D eigenvalue weighted by molar-refractivity contribution is -0.134. The second-order valence-electron chi connectivity index (χ2n) is 5.64. The molecule has 0 radical (unpaired) electrons. The van der Waals surface area contributed by atoms with Gasteiger partial charge in [0.05, 0.1) is 6.04 Å². The van der Waals surface area contributed by atoms with E-state index in [1.807, 2.05) is 23.1 Å². The van der Waals surface area contributed by atoms with Crippen molar-refractivity contribution in [1.82, 2.24) is 4.90 Å². The zero-order valence-corrected chi connectivity index (χ0v) is 11.7. The van der Waals surface area contributed by atoms with Crippen LogP contribution in [-0.4, -0.2) is 29.9 Å². The van der Waals surface area contributed by atoms with Crippen LogP contribution >= 0.6 is 0 Å². The number of carbonyl (C=O) groups is 1. The lowest BCUT2D eigenvalue weighted by Gasteiger charge is -2.32. The first-order valence-corrected chi connectivity index (χ1v) is 7.25. The highest BCUT2D eigenvalue weighted by molar-refractivity contribution is 5.81. The first-order valence-electron chi connectivity index (χ1n) is 7.25. The largest absolute Gasteiger partial charge is 0.341 e. The topological polar surface area (TPSA) is 46.3 Å². The summed E-state index contributed by atoms with van der Waals surface area (Å²) in [6.45, 7) is 4.00. The third-order valence-electron chi connectivity index (χ3n) is 4.00. The molecule has 19 heavy (non-hydrogen) atoms. The number of benzene rings is 1. The maximum absolute atomic E-state index is 12.2. The molecule has 0 spiro atoms. The fourth-order valence-electron chi connectivity index (χ4n) is 2.55. The lowest BCUT2D eigenvalue weighted by Crippen LogP contribution is -2.47. The Kier molecular flexibility index (Phi) is 4.97. The third-order valence-corrected chi connectivity index (χ3v) is 4.00. The highest BCUT2D eigenvalue weighted by atomic mass is 16.2. The molecule has 3 heteroatoms. The summed E-state index contributed by atoms with van der Waals surface area (Å²) in [6.07, 6.45) is 3.82. The van der Waals surface area contributed by atoms with E-state index < -0.39 is 0 Å². The van der Waals surface area contributed by atoms with Crippen molar-refractivity contribution in [3.63, 3.8) is 0 Å². The maximum atomic E-state index is 12.2. The maximum Gasteiger partial charge on any atom is 0.239 e. The van der Waals surface area contributed by atoms with E-state index >= 15 is 0 Å². The van der Waals surface area contributed by atoms with Crippen LogP contribution in [0, 0.1) is 5.92 Å². The molecule has 2 N–H and O–H groups in total. The van der Waals surface area contributed by atoms with E-state index in [4.69, 9.17) is 5.73 Å². The first-order chi connectivity index (χ1) is 9.16. The number of hydrogen-bond donors (Lipinski definition) is 1. The monoisotopic (exact) mass is 260 g/mol. The van der Waals surface area contributed by atoms with E-state index in [-0.39, 0.29) is 11.9 Å². The van der Waals surface area contributed by atoms with Gasteiger partial charge in [-0.1, -0.05) is 37.3 Å². The molecule has 1 amide bonds. The summed E-state index contributed by atoms with van der Waals surface area (Å²) in [7, 11) is 0. The predicted molar refractivity (Wildman–Crippen MR) is 77.7 cm³/mol. The minimum Gasteiger partial charge on any atom is -0.341 e. The molecule has 3 nitrogen and oxygen atoms in total. The Morgan fingerprint density at radius 1 is 1.32 bits per heavy atom. The molecular formula is C16H24N2O. The molecule has 1 aliphatic heterocycles. The number of amides is 1. The zero-order valence-electron chi connectivity index (χ0n) is 11.7. The number of nitrogens with zero attached hydrogens (tertiary/aromatic N) is 1. The summed E-state index contributed by atoms with van der Waals surface area (Å²) in [5.41, 5.74) is 7.29. The summed E-state index contributed by atoms with van der Waals surface area (Å²) in [6, 6.07) is 9.86. The molecule has 1 atom stereocenters. The van der Waals surface area contributed by atoms with Crippen LogP contribution in [0.15, 0.2) is 30.3 Å². The van der Waals surface area contributed by atoms with Gasteiger partial charge in [-0.3, -0.25) is 4.79 Å². The van der Waals surface area contributed by atoms with Crippen LogP contribution in [0.3, 0.4) is 0 Å². The van der Waals surface area contributed by atoms with E-state index in [2.05, 4.69) is 19.1 Å². The Balaban J connectivity index is 1.79. The predicted octanol–water partition coefficient (Wildman–Crippen LogP) is 2.21. The minimum atomic E-state index is -0.353. The molecule has 2 rings (SSSR count). The van der Waals surface area contributed by atoms with Crippen molar-refractivity contribution >= 4 is 5.91 Å². The molecule has 1 fully saturated rings. The Hall–Kier alpha value is -1.35. The van der Waals surface area contributed by atoms with Crippen LogP contribution in [0.5, 0.6) is 0 Å². The molecule has 1 aliphatic rings. The van der Waals surface area contributed by atoms with Gasteiger partial charge >= 0.3 is 0 Å². The summed E-state index contributed by atoms with van der Waals surface area (Å²) < 4.78 is 0. The van der Waals surface area contributed by atoms with Gasteiger partial charge in [0.1, 0.15) is 0 Å². The number of carbonyl (C=O) groups excluding carboxylic acids is 1. The average molecular weight is 260 g/mol. The van der Waals surface area contributed by atoms with Crippen LogP contribution in [0.2, 0.25) is 0 Å². The molecule has 0 aliphatic carbocycles. The van der Waals surface area contributed by atoms with Gasteiger partial charge in [0, 0.05) is 13.1 Å². The third kappa shape index (κ3) is 4.06. The van der Waals surface area contributed by atoms with E-state index in [1.54, 1.807) is 0 Å². The Morgan fingerprint density at radius 2 is 1.95 bits per heavy atom. The number of nitrogens with two attached hydrogens (primary N) is 1.